The van der Waals surface area contributed by atoms with Crippen molar-refractivity contribution in [2.75, 3.05) is 42.8 Å². The molecule has 30 heavy (non-hydrogen) atoms. The molecule has 2 aromatic heterocycles. The number of aromatic nitrogens is 2. The van der Waals surface area contributed by atoms with E-state index in [1.54, 1.807) is 30.2 Å². The zero-order valence-electron chi connectivity index (χ0n) is 16.8. The number of anilines is 2. The maximum atomic E-state index is 12.2. The lowest BCUT2D eigenvalue weighted by Gasteiger charge is -2.28. The molecule has 0 aliphatic carbocycles. The van der Waals surface area contributed by atoms with Gasteiger partial charge in [-0.3, -0.25) is 4.79 Å². The predicted molar refractivity (Wildman–Crippen MR) is 119 cm³/mol. The standard InChI is InChI=1S/C22H24N4O3S/c1-30-15-18-13-20(26-8-11-28-12-9-26)25-22(24-18)16-4-6-17(7-5-16)23-21(27)14-19-3-2-10-29-19/h2-7,10,13H,8-9,11-12,14-15H2,1H3,(H,23,27). The first-order valence-electron chi connectivity index (χ1n) is 9.83. The summed E-state index contributed by atoms with van der Waals surface area (Å²) in [6.45, 7) is 3.08. The zero-order valence-corrected chi connectivity index (χ0v) is 17.7. The van der Waals surface area contributed by atoms with Crippen LogP contribution in [0.25, 0.3) is 11.4 Å². The van der Waals surface area contributed by atoms with Gasteiger partial charge < -0.3 is 19.4 Å². The van der Waals surface area contributed by atoms with Crippen LogP contribution in [-0.4, -0.2) is 48.4 Å². The number of hydrogen-bond acceptors (Lipinski definition) is 7. The molecule has 1 saturated heterocycles. The van der Waals surface area contributed by atoms with Crippen molar-refractivity contribution in [2.24, 2.45) is 0 Å². The molecule has 4 rings (SSSR count). The minimum atomic E-state index is -0.120. The molecular formula is C22H24N4O3S. The van der Waals surface area contributed by atoms with Crippen LogP contribution in [0.15, 0.2) is 53.1 Å². The third-order valence-electron chi connectivity index (χ3n) is 4.73. The van der Waals surface area contributed by atoms with E-state index >= 15 is 0 Å². The summed E-state index contributed by atoms with van der Waals surface area (Å²) in [5.41, 5.74) is 2.64. The number of furan rings is 1. The normalized spacial score (nSPS) is 14.0. The van der Waals surface area contributed by atoms with Crippen molar-refractivity contribution in [3.05, 3.63) is 60.2 Å². The molecule has 1 aromatic carbocycles. The summed E-state index contributed by atoms with van der Waals surface area (Å²) >= 11 is 1.74. The van der Waals surface area contributed by atoms with Gasteiger partial charge in [-0.2, -0.15) is 11.8 Å². The highest BCUT2D eigenvalue weighted by molar-refractivity contribution is 7.97. The largest absolute Gasteiger partial charge is 0.469 e. The van der Waals surface area contributed by atoms with Gasteiger partial charge in [-0.15, -0.1) is 0 Å². The Morgan fingerprint density at radius 1 is 1.17 bits per heavy atom. The Hall–Kier alpha value is -2.84. The van der Waals surface area contributed by atoms with Crippen molar-refractivity contribution < 1.29 is 13.9 Å². The van der Waals surface area contributed by atoms with Crippen LogP contribution in [0.5, 0.6) is 0 Å². The Bertz CT molecular complexity index is 971. The molecule has 0 spiro atoms. The lowest BCUT2D eigenvalue weighted by atomic mass is 10.2. The Balaban J connectivity index is 1.51. The van der Waals surface area contributed by atoms with Crippen LogP contribution in [0, 0.1) is 0 Å². The van der Waals surface area contributed by atoms with Crippen LogP contribution in [0.4, 0.5) is 11.5 Å². The van der Waals surface area contributed by atoms with Crippen LogP contribution >= 0.6 is 11.8 Å². The number of nitrogens with zero attached hydrogens (tertiary/aromatic N) is 3. The van der Waals surface area contributed by atoms with Gasteiger partial charge in [-0.25, -0.2) is 9.97 Å². The van der Waals surface area contributed by atoms with Gasteiger partial charge in [0.2, 0.25) is 5.91 Å². The van der Waals surface area contributed by atoms with Gasteiger partial charge in [0, 0.05) is 36.2 Å². The van der Waals surface area contributed by atoms with Crippen LogP contribution in [0.2, 0.25) is 0 Å². The molecule has 156 valence electrons. The van der Waals surface area contributed by atoms with Gasteiger partial charge in [-0.1, -0.05) is 0 Å². The fourth-order valence-electron chi connectivity index (χ4n) is 3.27. The van der Waals surface area contributed by atoms with Crippen molar-refractivity contribution in [3.8, 4) is 11.4 Å². The van der Waals surface area contributed by atoms with E-state index in [-0.39, 0.29) is 12.3 Å². The van der Waals surface area contributed by atoms with E-state index in [0.29, 0.717) is 24.8 Å². The molecule has 8 heteroatoms. The number of rotatable bonds is 7. The molecule has 1 amide bonds. The fraction of sp³-hybridized carbons (Fsp3) is 0.318. The van der Waals surface area contributed by atoms with E-state index in [2.05, 4.69) is 22.5 Å². The van der Waals surface area contributed by atoms with Crippen molar-refractivity contribution >= 4 is 29.2 Å². The third kappa shape index (κ3) is 5.20. The van der Waals surface area contributed by atoms with Crippen LogP contribution in [-0.2, 0) is 21.7 Å². The fourth-order valence-corrected chi connectivity index (χ4v) is 3.71. The molecule has 0 radical (unpaired) electrons. The van der Waals surface area contributed by atoms with Gasteiger partial charge in [0.05, 0.1) is 31.6 Å². The van der Waals surface area contributed by atoms with E-state index in [9.17, 15) is 4.79 Å². The molecule has 1 aliphatic heterocycles. The van der Waals surface area contributed by atoms with Gasteiger partial charge >= 0.3 is 0 Å². The van der Waals surface area contributed by atoms with E-state index in [1.807, 2.05) is 24.3 Å². The summed E-state index contributed by atoms with van der Waals surface area (Å²) in [6, 6.07) is 13.2. The number of hydrogen-bond donors (Lipinski definition) is 1. The third-order valence-corrected chi connectivity index (χ3v) is 5.32. The highest BCUT2D eigenvalue weighted by Gasteiger charge is 2.16. The number of ether oxygens (including phenoxy) is 1. The van der Waals surface area contributed by atoms with E-state index in [4.69, 9.17) is 19.1 Å². The monoisotopic (exact) mass is 424 g/mol. The average molecular weight is 425 g/mol. The number of morpholine rings is 1. The Kier molecular flexibility index (Phi) is 6.66. The van der Waals surface area contributed by atoms with Crippen molar-refractivity contribution in [2.45, 2.75) is 12.2 Å². The molecule has 1 N–H and O–H groups in total. The zero-order chi connectivity index (χ0) is 20.8. The first-order valence-corrected chi connectivity index (χ1v) is 11.2. The minimum absolute atomic E-state index is 0.120. The number of benzene rings is 1. The van der Waals surface area contributed by atoms with E-state index < -0.39 is 0 Å². The highest BCUT2D eigenvalue weighted by Crippen LogP contribution is 2.24. The first kappa shape index (κ1) is 20.4. The van der Waals surface area contributed by atoms with Crippen molar-refractivity contribution in [1.82, 2.24) is 9.97 Å². The average Bonchev–Trinajstić information content (AvgIpc) is 3.28. The molecule has 3 aromatic rings. The predicted octanol–water partition coefficient (Wildman–Crippen LogP) is 3.62. The maximum absolute atomic E-state index is 12.2. The Labute approximate surface area is 179 Å². The Morgan fingerprint density at radius 2 is 1.97 bits per heavy atom. The molecule has 1 aliphatic rings. The van der Waals surface area contributed by atoms with Crippen LogP contribution in [0.3, 0.4) is 0 Å². The first-order chi connectivity index (χ1) is 14.7. The lowest BCUT2D eigenvalue weighted by molar-refractivity contribution is -0.115. The smallest absolute Gasteiger partial charge is 0.231 e. The topological polar surface area (TPSA) is 80.5 Å². The van der Waals surface area contributed by atoms with Crippen molar-refractivity contribution in [1.29, 1.82) is 0 Å². The van der Waals surface area contributed by atoms with Crippen LogP contribution < -0.4 is 10.2 Å². The molecular weight excluding hydrogens is 400 g/mol. The number of nitrogens with one attached hydrogen (secondary N) is 1. The number of carbonyl (C=O) groups excluding carboxylic acids is 1. The second-order valence-corrected chi connectivity index (χ2v) is 7.82. The van der Waals surface area contributed by atoms with Crippen molar-refractivity contribution in [3.63, 3.8) is 0 Å². The highest BCUT2D eigenvalue weighted by atomic mass is 32.2. The molecule has 0 bridgehead atoms. The summed E-state index contributed by atoms with van der Waals surface area (Å²) in [4.78, 5) is 23.9. The SMILES string of the molecule is CSCc1cc(N2CCOCC2)nc(-c2ccc(NC(=O)Cc3ccco3)cc2)n1. The van der Waals surface area contributed by atoms with E-state index in [0.717, 1.165) is 41.6 Å². The summed E-state index contributed by atoms with van der Waals surface area (Å²) in [5, 5.41) is 2.89. The minimum Gasteiger partial charge on any atom is -0.469 e. The van der Waals surface area contributed by atoms with E-state index in [1.165, 1.54) is 0 Å². The quantitative estimate of drug-likeness (QED) is 0.620. The molecule has 0 saturated carbocycles. The summed E-state index contributed by atoms with van der Waals surface area (Å²) in [6.07, 6.45) is 3.83. The van der Waals surface area contributed by atoms with Gasteiger partial charge in [0.25, 0.3) is 0 Å². The van der Waals surface area contributed by atoms with Gasteiger partial charge in [0.15, 0.2) is 5.82 Å². The molecule has 7 nitrogen and oxygen atoms in total. The number of thioether (sulfide) groups is 1. The Morgan fingerprint density at radius 3 is 2.67 bits per heavy atom. The van der Waals surface area contributed by atoms with Gasteiger partial charge in [0.1, 0.15) is 11.6 Å². The van der Waals surface area contributed by atoms with Gasteiger partial charge in [-0.05, 0) is 42.7 Å². The summed E-state index contributed by atoms with van der Waals surface area (Å²) < 4.78 is 10.7. The number of amides is 1. The molecule has 3 heterocycles. The number of carbonyl (C=O) groups is 1. The molecule has 0 atom stereocenters. The molecule has 0 unspecified atom stereocenters. The second kappa shape index (κ2) is 9.77. The maximum Gasteiger partial charge on any atom is 0.231 e. The summed E-state index contributed by atoms with van der Waals surface area (Å²) in [5.74, 6) is 2.97. The lowest BCUT2D eigenvalue weighted by Crippen LogP contribution is -2.37. The van der Waals surface area contributed by atoms with Crippen LogP contribution in [0.1, 0.15) is 11.5 Å². The molecule has 1 fully saturated rings. The second-order valence-electron chi connectivity index (χ2n) is 6.96. The summed E-state index contributed by atoms with van der Waals surface area (Å²) in [7, 11) is 0.